The average molecular weight is 428 g/mol. The molecule has 2 N–H and O–H groups in total. The number of rotatable bonds is 4. The Morgan fingerprint density at radius 3 is 3.00 bits per heavy atom. The minimum absolute atomic E-state index is 0.00509. The van der Waals surface area contributed by atoms with Gasteiger partial charge in [-0.3, -0.25) is 14.9 Å². The van der Waals surface area contributed by atoms with Crippen molar-refractivity contribution in [3.63, 3.8) is 0 Å². The lowest BCUT2D eigenvalue weighted by molar-refractivity contribution is -0.116. The first kappa shape index (κ1) is 19.6. The van der Waals surface area contributed by atoms with E-state index in [2.05, 4.69) is 57.8 Å². The zero-order valence-corrected chi connectivity index (χ0v) is 18.4. The topological polar surface area (TPSA) is 83.6 Å². The second kappa shape index (κ2) is 7.54. The molecule has 1 aromatic carbocycles. The molecule has 0 bridgehead atoms. The summed E-state index contributed by atoms with van der Waals surface area (Å²) in [7, 11) is 0. The first-order valence-corrected chi connectivity index (χ1v) is 11.8. The number of nitrogens with one attached hydrogen (secondary N) is 2. The summed E-state index contributed by atoms with van der Waals surface area (Å²) in [5, 5.41) is 10.8. The Morgan fingerprint density at radius 1 is 1.22 bits per heavy atom. The number of hydrogen-bond donors (Lipinski definition) is 2. The summed E-state index contributed by atoms with van der Waals surface area (Å²) in [4.78, 5) is 20.9. The van der Waals surface area contributed by atoms with Crippen molar-refractivity contribution in [2.24, 2.45) is 11.8 Å². The van der Waals surface area contributed by atoms with E-state index >= 15 is 0 Å². The first-order valence-electron chi connectivity index (χ1n) is 11.8. The standard InChI is InChI=1S/C26H29N5O/c1-26-11-10-18-17-5-3-2-4-16(17)6-7-19(18)24(26)20(21-14-29-31-25(21)26)8-9-23(32)30-22-15-27-12-13-28-22/h2-5,12-15,18-20,24H,6-11H2,1H3,(H,29,31)(H,28,30,32)/t18?,19?,20-,24?,26+/m1/s1. The van der Waals surface area contributed by atoms with Gasteiger partial charge < -0.3 is 5.32 Å². The number of aryl methyl sites for hydroxylation is 1. The van der Waals surface area contributed by atoms with Crippen LogP contribution in [0.5, 0.6) is 0 Å². The monoisotopic (exact) mass is 427 g/mol. The van der Waals surface area contributed by atoms with Crippen LogP contribution in [0, 0.1) is 11.8 Å². The lowest BCUT2D eigenvalue weighted by atomic mass is 9.53. The van der Waals surface area contributed by atoms with Crippen LogP contribution in [0.4, 0.5) is 5.82 Å². The average Bonchev–Trinajstić information content (AvgIpc) is 3.39. The zero-order chi connectivity index (χ0) is 21.7. The van der Waals surface area contributed by atoms with E-state index in [1.165, 1.54) is 29.7 Å². The predicted octanol–water partition coefficient (Wildman–Crippen LogP) is 4.73. The second-order valence-electron chi connectivity index (χ2n) is 9.96. The molecular formula is C26H29N5O. The maximum atomic E-state index is 12.7. The molecule has 1 amide bonds. The van der Waals surface area contributed by atoms with E-state index in [1.54, 1.807) is 24.2 Å². The number of aromatic nitrogens is 4. The SMILES string of the molecule is C[C@]12CCC3c4ccccc4CCC3C1[C@H](CCC(=O)Nc1cnccn1)c1c[nH]nc12. The van der Waals surface area contributed by atoms with Crippen LogP contribution in [-0.2, 0) is 16.6 Å². The van der Waals surface area contributed by atoms with Gasteiger partial charge >= 0.3 is 0 Å². The number of aromatic amines is 1. The molecule has 0 saturated heterocycles. The fourth-order valence-corrected chi connectivity index (χ4v) is 7.21. The van der Waals surface area contributed by atoms with E-state index < -0.39 is 0 Å². The van der Waals surface area contributed by atoms with Gasteiger partial charge in [0.15, 0.2) is 5.82 Å². The van der Waals surface area contributed by atoms with Gasteiger partial charge in [0.1, 0.15) is 0 Å². The molecule has 0 spiro atoms. The van der Waals surface area contributed by atoms with Crippen molar-refractivity contribution in [3.8, 4) is 0 Å². The number of carbonyl (C=O) groups excluding carboxylic acids is 1. The van der Waals surface area contributed by atoms with Crippen molar-refractivity contribution < 1.29 is 4.79 Å². The van der Waals surface area contributed by atoms with Gasteiger partial charge in [0.25, 0.3) is 0 Å². The van der Waals surface area contributed by atoms with Gasteiger partial charge in [0, 0.05) is 30.4 Å². The summed E-state index contributed by atoms with van der Waals surface area (Å²) in [6.45, 7) is 2.42. The summed E-state index contributed by atoms with van der Waals surface area (Å²) in [5.41, 5.74) is 5.78. The molecule has 6 heteroatoms. The normalized spacial score (nSPS) is 30.0. The highest BCUT2D eigenvalue weighted by atomic mass is 16.1. The highest BCUT2D eigenvalue weighted by Gasteiger charge is 2.58. The van der Waals surface area contributed by atoms with Crippen LogP contribution >= 0.6 is 0 Å². The maximum absolute atomic E-state index is 12.7. The third kappa shape index (κ3) is 2.99. The third-order valence-electron chi connectivity index (χ3n) is 8.45. The van der Waals surface area contributed by atoms with Gasteiger partial charge in [0.05, 0.1) is 11.9 Å². The number of fused-ring (bicyclic) bond motifs is 7. The molecular weight excluding hydrogens is 398 g/mol. The van der Waals surface area contributed by atoms with Gasteiger partial charge in [-0.2, -0.15) is 5.10 Å². The molecule has 2 aromatic heterocycles. The van der Waals surface area contributed by atoms with E-state index in [-0.39, 0.29) is 11.3 Å². The molecule has 3 aromatic rings. The molecule has 2 heterocycles. The number of carbonyl (C=O) groups is 1. The third-order valence-corrected chi connectivity index (χ3v) is 8.45. The smallest absolute Gasteiger partial charge is 0.225 e. The predicted molar refractivity (Wildman–Crippen MR) is 122 cm³/mol. The summed E-state index contributed by atoms with van der Waals surface area (Å²) in [6, 6.07) is 9.04. The molecule has 6 nitrogen and oxygen atoms in total. The van der Waals surface area contributed by atoms with Gasteiger partial charge in [-0.05, 0) is 72.5 Å². The van der Waals surface area contributed by atoms with E-state index in [0.29, 0.717) is 35.9 Å². The Balaban J connectivity index is 1.28. The summed E-state index contributed by atoms with van der Waals surface area (Å²) >= 11 is 0. The van der Waals surface area contributed by atoms with Crippen molar-refractivity contribution in [3.05, 3.63) is 71.4 Å². The van der Waals surface area contributed by atoms with Gasteiger partial charge in [-0.15, -0.1) is 0 Å². The van der Waals surface area contributed by atoms with E-state index in [0.717, 1.165) is 19.3 Å². The van der Waals surface area contributed by atoms with E-state index in [9.17, 15) is 4.79 Å². The van der Waals surface area contributed by atoms with E-state index in [1.807, 2.05) is 0 Å². The number of anilines is 1. The maximum Gasteiger partial charge on any atom is 0.225 e. The second-order valence-corrected chi connectivity index (χ2v) is 9.96. The Labute approximate surface area is 188 Å². The van der Waals surface area contributed by atoms with Gasteiger partial charge in [-0.25, -0.2) is 4.98 Å². The summed E-state index contributed by atoms with van der Waals surface area (Å²) in [6.07, 6.45) is 13.0. The molecule has 6 rings (SSSR count). The molecule has 0 radical (unpaired) electrons. The lowest BCUT2D eigenvalue weighted by Gasteiger charge is -2.50. The molecule has 1 saturated carbocycles. The number of amides is 1. The number of hydrogen-bond acceptors (Lipinski definition) is 4. The Hall–Kier alpha value is -3.02. The van der Waals surface area contributed by atoms with Crippen molar-refractivity contribution in [2.75, 3.05) is 5.32 Å². The largest absolute Gasteiger partial charge is 0.309 e. The van der Waals surface area contributed by atoms with Crippen LogP contribution < -0.4 is 5.32 Å². The summed E-state index contributed by atoms with van der Waals surface area (Å²) in [5.74, 6) is 2.68. The molecule has 5 atom stereocenters. The minimum Gasteiger partial charge on any atom is -0.309 e. The van der Waals surface area contributed by atoms with Crippen LogP contribution in [0.3, 0.4) is 0 Å². The van der Waals surface area contributed by atoms with Crippen LogP contribution in [0.25, 0.3) is 0 Å². The van der Waals surface area contributed by atoms with Crippen molar-refractivity contribution in [1.82, 2.24) is 20.2 Å². The van der Waals surface area contributed by atoms with Crippen LogP contribution in [-0.4, -0.2) is 26.1 Å². The lowest BCUT2D eigenvalue weighted by Crippen LogP contribution is -2.44. The Morgan fingerprint density at radius 2 is 2.12 bits per heavy atom. The molecule has 3 aliphatic rings. The zero-order valence-electron chi connectivity index (χ0n) is 18.4. The van der Waals surface area contributed by atoms with E-state index in [4.69, 9.17) is 5.10 Å². The quantitative estimate of drug-likeness (QED) is 0.630. The molecule has 0 aliphatic heterocycles. The van der Waals surface area contributed by atoms with Gasteiger partial charge in [-0.1, -0.05) is 31.2 Å². The fourth-order valence-electron chi connectivity index (χ4n) is 7.21. The highest BCUT2D eigenvalue weighted by molar-refractivity contribution is 5.89. The minimum atomic E-state index is 0.00509. The molecule has 3 aliphatic carbocycles. The molecule has 32 heavy (non-hydrogen) atoms. The summed E-state index contributed by atoms with van der Waals surface area (Å²) < 4.78 is 0. The Bertz CT molecular complexity index is 1140. The van der Waals surface area contributed by atoms with Crippen LogP contribution in [0.1, 0.15) is 73.2 Å². The highest BCUT2D eigenvalue weighted by Crippen LogP contribution is 2.64. The number of H-pyrrole nitrogens is 1. The first-order chi connectivity index (χ1) is 15.6. The molecule has 1 fully saturated rings. The molecule has 3 unspecified atom stereocenters. The van der Waals surface area contributed by atoms with Crippen LogP contribution in [0.2, 0.25) is 0 Å². The van der Waals surface area contributed by atoms with Crippen molar-refractivity contribution in [2.45, 2.75) is 62.7 Å². The fraction of sp³-hybridized carbons (Fsp3) is 0.462. The van der Waals surface area contributed by atoms with Crippen molar-refractivity contribution >= 4 is 11.7 Å². The van der Waals surface area contributed by atoms with Crippen LogP contribution in [0.15, 0.2) is 49.1 Å². The van der Waals surface area contributed by atoms with Gasteiger partial charge in [0.2, 0.25) is 5.91 Å². The number of nitrogens with zero attached hydrogens (tertiary/aromatic N) is 3. The molecule has 164 valence electrons. The Kier molecular flexibility index (Phi) is 4.63. The van der Waals surface area contributed by atoms with Crippen molar-refractivity contribution in [1.29, 1.82) is 0 Å². The number of benzene rings is 1.